The van der Waals surface area contributed by atoms with Crippen LogP contribution in [0, 0.1) is 11.6 Å². The van der Waals surface area contributed by atoms with E-state index in [0.717, 1.165) is 13.0 Å². The summed E-state index contributed by atoms with van der Waals surface area (Å²) in [7, 11) is -4.28. The van der Waals surface area contributed by atoms with Crippen LogP contribution in [0.25, 0.3) is 0 Å². The Morgan fingerprint density at radius 1 is 1.12 bits per heavy atom. The van der Waals surface area contributed by atoms with Crippen molar-refractivity contribution >= 4 is 33.0 Å². The number of thiophene rings is 1. The standard InChI is InChI=1S/C14H11ClF5NO2S2/c1-7(21-25(22,23)12-3-2-11(15)24-12)13(14(18,19)20)8-4-9(16)6-10(17)5-8/h2-7,13,21H,1H3. The fourth-order valence-electron chi connectivity index (χ4n) is 2.33. The highest BCUT2D eigenvalue weighted by atomic mass is 35.5. The molecular weight excluding hydrogens is 409 g/mol. The molecule has 0 fully saturated rings. The summed E-state index contributed by atoms with van der Waals surface area (Å²) in [6, 6.07) is 2.19. The van der Waals surface area contributed by atoms with Crippen molar-refractivity contribution in [3.05, 3.63) is 51.9 Å². The molecule has 1 N–H and O–H groups in total. The molecule has 11 heteroatoms. The average Bonchev–Trinajstić information content (AvgIpc) is 2.82. The number of halogens is 6. The van der Waals surface area contributed by atoms with E-state index in [0.29, 0.717) is 29.5 Å². The van der Waals surface area contributed by atoms with Gasteiger partial charge < -0.3 is 0 Å². The monoisotopic (exact) mass is 419 g/mol. The molecular formula is C14H11ClF5NO2S2. The Bertz CT molecular complexity index is 846. The molecule has 1 aromatic heterocycles. The molecule has 2 atom stereocenters. The second-order valence-corrected chi connectivity index (χ2v) is 8.85. The molecule has 25 heavy (non-hydrogen) atoms. The van der Waals surface area contributed by atoms with Gasteiger partial charge in [-0.25, -0.2) is 21.9 Å². The number of hydrogen-bond acceptors (Lipinski definition) is 3. The van der Waals surface area contributed by atoms with Gasteiger partial charge in [0.1, 0.15) is 15.8 Å². The fraction of sp³-hybridized carbons (Fsp3) is 0.286. The highest BCUT2D eigenvalue weighted by Crippen LogP contribution is 2.38. The minimum Gasteiger partial charge on any atom is -0.207 e. The maximum atomic E-state index is 13.4. The Morgan fingerprint density at radius 2 is 1.68 bits per heavy atom. The van der Waals surface area contributed by atoms with Crippen molar-refractivity contribution in [1.29, 1.82) is 0 Å². The molecule has 1 aromatic carbocycles. The average molecular weight is 420 g/mol. The molecule has 0 spiro atoms. The van der Waals surface area contributed by atoms with E-state index >= 15 is 0 Å². The van der Waals surface area contributed by atoms with Gasteiger partial charge in [0.15, 0.2) is 0 Å². The maximum absolute atomic E-state index is 13.4. The van der Waals surface area contributed by atoms with E-state index in [2.05, 4.69) is 0 Å². The first-order chi connectivity index (χ1) is 11.4. The number of benzene rings is 1. The number of nitrogens with one attached hydrogen (secondary N) is 1. The van der Waals surface area contributed by atoms with Crippen LogP contribution in [0.4, 0.5) is 22.0 Å². The molecule has 2 rings (SSSR count). The van der Waals surface area contributed by atoms with Gasteiger partial charge in [-0.05, 0) is 36.8 Å². The summed E-state index contributed by atoms with van der Waals surface area (Å²) in [4.78, 5) is 0. The van der Waals surface area contributed by atoms with Crippen LogP contribution in [0.5, 0.6) is 0 Å². The summed E-state index contributed by atoms with van der Waals surface area (Å²) in [5.74, 6) is -4.82. The normalized spacial score (nSPS) is 15.2. The first kappa shape index (κ1) is 20.1. The van der Waals surface area contributed by atoms with E-state index in [-0.39, 0.29) is 8.55 Å². The van der Waals surface area contributed by atoms with Gasteiger partial charge in [0.05, 0.1) is 10.3 Å². The van der Waals surface area contributed by atoms with Gasteiger partial charge in [0.25, 0.3) is 0 Å². The fourth-order valence-corrected chi connectivity index (χ4v) is 5.08. The van der Waals surface area contributed by atoms with Gasteiger partial charge in [-0.2, -0.15) is 13.2 Å². The van der Waals surface area contributed by atoms with Crippen LogP contribution in [-0.4, -0.2) is 20.6 Å². The van der Waals surface area contributed by atoms with Crippen LogP contribution in [0.2, 0.25) is 4.34 Å². The summed E-state index contributed by atoms with van der Waals surface area (Å²) in [6.45, 7) is 0.966. The lowest BCUT2D eigenvalue weighted by molar-refractivity contribution is -0.154. The van der Waals surface area contributed by atoms with E-state index in [4.69, 9.17) is 11.6 Å². The molecule has 0 aliphatic rings. The van der Waals surface area contributed by atoms with Crippen molar-refractivity contribution in [3.8, 4) is 0 Å². The highest BCUT2D eigenvalue weighted by Gasteiger charge is 2.45. The lowest BCUT2D eigenvalue weighted by atomic mass is 9.92. The highest BCUT2D eigenvalue weighted by molar-refractivity contribution is 7.91. The molecule has 2 aromatic rings. The van der Waals surface area contributed by atoms with Crippen molar-refractivity contribution in [2.45, 2.75) is 29.3 Å². The van der Waals surface area contributed by atoms with Gasteiger partial charge in [-0.1, -0.05) is 11.6 Å². The minimum atomic E-state index is -4.94. The van der Waals surface area contributed by atoms with Gasteiger partial charge in [0, 0.05) is 12.1 Å². The van der Waals surface area contributed by atoms with Crippen molar-refractivity contribution in [2.75, 3.05) is 0 Å². The smallest absolute Gasteiger partial charge is 0.207 e. The van der Waals surface area contributed by atoms with Crippen molar-refractivity contribution in [2.24, 2.45) is 0 Å². The second-order valence-electron chi connectivity index (χ2n) is 5.19. The van der Waals surface area contributed by atoms with E-state index < -0.39 is 45.4 Å². The first-order valence-corrected chi connectivity index (χ1v) is 9.38. The van der Waals surface area contributed by atoms with Gasteiger partial charge in [-0.15, -0.1) is 11.3 Å². The van der Waals surface area contributed by atoms with Crippen LogP contribution in [0.3, 0.4) is 0 Å². The Hall–Kier alpha value is -1.23. The number of hydrogen-bond donors (Lipinski definition) is 1. The zero-order chi connectivity index (χ0) is 19.0. The molecule has 138 valence electrons. The van der Waals surface area contributed by atoms with Gasteiger partial charge in [-0.3, -0.25) is 0 Å². The van der Waals surface area contributed by atoms with E-state index in [9.17, 15) is 30.4 Å². The Labute approximate surface area is 149 Å². The summed E-state index contributed by atoms with van der Waals surface area (Å²) in [5.41, 5.74) is -0.718. The first-order valence-electron chi connectivity index (χ1n) is 6.70. The lowest BCUT2D eigenvalue weighted by Gasteiger charge is -2.27. The van der Waals surface area contributed by atoms with E-state index in [1.54, 1.807) is 0 Å². The Kier molecular flexibility index (Phi) is 5.77. The van der Waals surface area contributed by atoms with Crippen molar-refractivity contribution in [1.82, 2.24) is 4.72 Å². The second kappa shape index (κ2) is 7.18. The van der Waals surface area contributed by atoms with Crippen molar-refractivity contribution in [3.63, 3.8) is 0 Å². The largest absolute Gasteiger partial charge is 0.397 e. The van der Waals surface area contributed by atoms with Crippen LogP contribution in [0.15, 0.2) is 34.5 Å². The van der Waals surface area contributed by atoms with Gasteiger partial charge in [0.2, 0.25) is 10.0 Å². The van der Waals surface area contributed by atoms with E-state index in [1.165, 1.54) is 6.07 Å². The Balaban J connectivity index is 2.38. The minimum absolute atomic E-state index is 0.146. The molecule has 0 aliphatic carbocycles. The molecule has 0 amide bonds. The molecule has 0 saturated heterocycles. The number of rotatable bonds is 5. The third-order valence-electron chi connectivity index (χ3n) is 3.25. The van der Waals surface area contributed by atoms with Crippen LogP contribution >= 0.6 is 22.9 Å². The Morgan fingerprint density at radius 3 is 2.12 bits per heavy atom. The number of alkyl halides is 3. The van der Waals surface area contributed by atoms with E-state index in [1.807, 2.05) is 4.72 Å². The van der Waals surface area contributed by atoms with Gasteiger partial charge >= 0.3 is 6.18 Å². The van der Waals surface area contributed by atoms with Crippen LogP contribution in [0.1, 0.15) is 18.4 Å². The molecule has 0 saturated carbocycles. The van der Waals surface area contributed by atoms with Crippen LogP contribution < -0.4 is 4.72 Å². The molecule has 0 radical (unpaired) electrons. The zero-order valence-electron chi connectivity index (χ0n) is 12.4. The third-order valence-corrected chi connectivity index (χ3v) is 6.53. The molecule has 3 nitrogen and oxygen atoms in total. The summed E-state index contributed by atoms with van der Waals surface area (Å²) in [5, 5.41) is 0. The molecule has 2 unspecified atom stereocenters. The molecule has 0 aliphatic heterocycles. The number of sulfonamides is 1. The SMILES string of the molecule is CC(NS(=O)(=O)c1ccc(Cl)s1)C(c1cc(F)cc(F)c1)C(F)(F)F. The predicted molar refractivity (Wildman–Crippen MR) is 84.3 cm³/mol. The van der Waals surface area contributed by atoms with Crippen LogP contribution in [-0.2, 0) is 10.0 Å². The quantitative estimate of drug-likeness (QED) is 0.714. The molecule has 1 heterocycles. The summed E-state index contributed by atoms with van der Waals surface area (Å²) >= 11 is 6.30. The topological polar surface area (TPSA) is 46.2 Å². The predicted octanol–water partition coefficient (Wildman–Crippen LogP) is 4.69. The molecule has 0 bridgehead atoms. The lowest BCUT2D eigenvalue weighted by Crippen LogP contribution is -2.42. The summed E-state index contributed by atoms with van der Waals surface area (Å²) < 4.78 is 92.9. The van der Waals surface area contributed by atoms with Crippen molar-refractivity contribution < 1.29 is 30.4 Å². The third kappa shape index (κ3) is 4.90. The summed E-state index contributed by atoms with van der Waals surface area (Å²) in [6.07, 6.45) is -4.94. The zero-order valence-corrected chi connectivity index (χ0v) is 14.8. The maximum Gasteiger partial charge on any atom is 0.397 e.